The number of nitrogens with zero attached hydrogens (tertiary/aromatic N) is 2. The smallest absolute Gasteiger partial charge is 0.347 e. The predicted octanol–water partition coefficient (Wildman–Crippen LogP) is 2.06. The van der Waals surface area contributed by atoms with Crippen molar-refractivity contribution in [3.63, 3.8) is 0 Å². The first-order valence-electron chi connectivity index (χ1n) is 6.77. The summed E-state index contributed by atoms with van der Waals surface area (Å²) < 4.78 is 11.4. The van der Waals surface area contributed by atoms with Crippen molar-refractivity contribution in [3.05, 3.63) is 52.8 Å². The van der Waals surface area contributed by atoms with Gasteiger partial charge in [0.25, 0.3) is 0 Å². The molecule has 1 aliphatic heterocycles. The van der Waals surface area contributed by atoms with E-state index in [9.17, 15) is 9.59 Å². The maximum Gasteiger partial charge on any atom is 0.347 e. The van der Waals surface area contributed by atoms with Crippen LogP contribution in [0.2, 0.25) is 5.02 Å². The summed E-state index contributed by atoms with van der Waals surface area (Å²) in [5.74, 6) is -1.09. The third-order valence-electron chi connectivity index (χ3n) is 3.30. The minimum atomic E-state index is -0.820. The number of esters is 2. The standard InChI is InChI=1S/C15H13ClN2O4/c16-12-4-2-1-3-10(12)8-18-9-11(7-17-18)14(19)22-13-5-6-21-15(13)20/h1-4,7,9,13H,5-6,8H2/t13-/m1/s1. The van der Waals surface area contributed by atoms with Gasteiger partial charge in [-0.15, -0.1) is 0 Å². The molecule has 1 aromatic carbocycles. The largest absolute Gasteiger partial charge is 0.463 e. The highest BCUT2D eigenvalue weighted by Crippen LogP contribution is 2.17. The van der Waals surface area contributed by atoms with Crippen molar-refractivity contribution in [1.29, 1.82) is 0 Å². The molecule has 1 aliphatic rings. The van der Waals surface area contributed by atoms with Crippen molar-refractivity contribution in [2.75, 3.05) is 6.61 Å². The zero-order valence-electron chi connectivity index (χ0n) is 11.6. The van der Waals surface area contributed by atoms with Crippen molar-refractivity contribution < 1.29 is 19.1 Å². The lowest BCUT2D eigenvalue weighted by atomic mass is 10.2. The highest BCUT2D eigenvalue weighted by atomic mass is 35.5. The first kappa shape index (κ1) is 14.6. The molecule has 0 aliphatic carbocycles. The molecular formula is C15H13ClN2O4. The number of carbonyl (C=O) groups excluding carboxylic acids is 2. The summed E-state index contributed by atoms with van der Waals surface area (Å²) in [5, 5.41) is 4.74. The Morgan fingerprint density at radius 1 is 1.45 bits per heavy atom. The van der Waals surface area contributed by atoms with E-state index < -0.39 is 18.0 Å². The fourth-order valence-corrected chi connectivity index (χ4v) is 2.33. The number of halogens is 1. The topological polar surface area (TPSA) is 70.4 Å². The zero-order valence-corrected chi connectivity index (χ0v) is 12.3. The van der Waals surface area contributed by atoms with Gasteiger partial charge in [0.1, 0.15) is 0 Å². The van der Waals surface area contributed by atoms with E-state index in [1.54, 1.807) is 16.9 Å². The van der Waals surface area contributed by atoms with Gasteiger partial charge in [0.2, 0.25) is 6.10 Å². The summed E-state index contributed by atoms with van der Waals surface area (Å²) in [4.78, 5) is 23.3. The quantitative estimate of drug-likeness (QED) is 0.806. The molecular weight excluding hydrogens is 308 g/mol. The van der Waals surface area contributed by atoms with Crippen LogP contribution in [0.4, 0.5) is 0 Å². The van der Waals surface area contributed by atoms with Crippen molar-refractivity contribution in [1.82, 2.24) is 9.78 Å². The lowest BCUT2D eigenvalue weighted by Crippen LogP contribution is -2.22. The minimum absolute atomic E-state index is 0.280. The molecule has 0 saturated carbocycles. The number of ether oxygens (including phenoxy) is 2. The Morgan fingerprint density at radius 2 is 2.27 bits per heavy atom. The van der Waals surface area contributed by atoms with E-state index in [2.05, 4.69) is 5.10 Å². The Bertz CT molecular complexity index is 713. The summed E-state index contributed by atoms with van der Waals surface area (Å²) in [6.07, 6.45) is 2.53. The number of cyclic esters (lactones) is 1. The number of hydrogen-bond acceptors (Lipinski definition) is 5. The van der Waals surface area contributed by atoms with E-state index >= 15 is 0 Å². The van der Waals surface area contributed by atoms with Crippen molar-refractivity contribution >= 4 is 23.5 Å². The molecule has 2 aromatic rings. The molecule has 3 rings (SSSR count). The van der Waals surface area contributed by atoms with Crippen LogP contribution >= 0.6 is 11.6 Å². The molecule has 0 bridgehead atoms. The van der Waals surface area contributed by atoms with Crippen molar-refractivity contribution in [3.8, 4) is 0 Å². The summed E-state index contributed by atoms with van der Waals surface area (Å²) in [5.41, 5.74) is 1.18. The highest BCUT2D eigenvalue weighted by Gasteiger charge is 2.30. The summed E-state index contributed by atoms with van der Waals surface area (Å²) in [6.45, 7) is 0.723. The summed E-state index contributed by atoms with van der Waals surface area (Å²) >= 11 is 6.09. The summed E-state index contributed by atoms with van der Waals surface area (Å²) in [6, 6.07) is 7.40. The molecule has 0 radical (unpaired) electrons. The maximum atomic E-state index is 12.0. The first-order chi connectivity index (χ1) is 10.6. The van der Waals surface area contributed by atoms with Crippen LogP contribution < -0.4 is 0 Å². The highest BCUT2D eigenvalue weighted by molar-refractivity contribution is 6.31. The lowest BCUT2D eigenvalue weighted by Gasteiger charge is -2.06. The number of benzene rings is 1. The van der Waals surface area contributed by atoms with Gasteiger partial charge in [-0.25, -0.2) is 9.59 Å². The summed E-state index contributed by atoms with van der Waals surface area (Å²) in [7, 11) is 0. The van der Waals surface area contributed by atoms with Crippen LogP contribution in [0.15, 0.2) is 36.7 Å². The average molecular weight is 321 g/mol. The Kier molecular flexibility index (Phi) is 4.11. The number of aromatic nitrogens is 2. The minimum Gasteiger partial charge on any atom is -0.463 e. The molecule has 0 N–H and O–H groups in total. The third-order valence-corrected chi connectivity index (χ3v) is 3.66. The second-order valence-electron chi connectivity index (χ2n) is 4.87. The van der Waals surface area contributed by atoms with E-state index in [0.717, 1.165) is 5.56 Å². The van der Waals surface area contributed by atoms with Crippen molar-refractivity contribution in [2.45, 2.75) is 19.1 Å². The second kappa shape index (κ2) is 6.19. The molecule has 114 valence electrons. The normalized spacial score (nSPS) is 17.3. The van der Waals surface area contributed by atoms with Crippen LogP contribution in [-0.4, -0.2) is 34.4 Å². The van der Waals surface area contributed by atoms with Gasteiger partial charge in [-0.3, -0.25) is 4.68 Å². The molecule has 7 heteroatoms. The molecule has 1 saturated heterocycles. The number of rotatable bonds is 4. The monoisotopic (exact) mass is 320 g/mol. The Hall–Kier alpha value is -2.34. The number of hydrogen-bond donors (Lipinski definition) is 0. The Morgan fingerprint density at radius 3 is 3.00 bits per heavy atom. The molecule has 1 atom stereocenters. The van der Waals surface area contributed by atoms with E-state index in [1.807, 2.05) is 18.2 Å². The fourth-order valence-electron chi connectivity index (χ4n) is 2.14. The van der Waals surface area contributed by atoms with E-state index in [0.29, 0.717) is 18.0 Å². The fraction of sp³-hybridized carbons (Fsp3) is 0.267. The van der Waals surface area contributed by atoms with Crippen LogP contribution in [0.1, 0.15) is 22.3 Å². The van der Waals surface area contributed by atoms with Crippen LogP contribution in [-0.2, 0) is 20.8 Å². The number of carbonyl (C=O) groups is 2. The molecule has 2 heterocycles. The van der Waals surface area contributed by atoms with Crippen LogP contribution in [0.5, 0.6) is 0 Å². The zero-order chi connectivity index (χ0) is 15.5. The first-order valence-corrected chi connectivity index (χ1v) is 7.15. The third kappa shape index (κ3) is 3.12. The predicted molar refractivity (Wildman–Crippen MR) is 77.6 cm³/mol. The Labute approximate surface area is 131 Å². The van der Waals surface area contributed by atoms with Gasteiger partial charge >= 0.3 is 11.9 Å². The maximum absolute atomic E-state index is 12.0. The molecule has 6 nitrogen and oxygen atoms in total. The van der Waals surface area contributed by atoms with Gasteiger partial charge in [-0.1, -0.05) is 29.8 Å². The second-order valence-corrected chi connectivity index (χ2v) is 5.28. The van der Waals surface area contributed by atoms with Gasteiger partial charge in [0.05, 0.1) is 24.9 Å². The lowest BCUT2D eigenvalue weighted by molar-refractivity contribution is -0.145. The molecule has 22 heavy (non-hydrogen) atoms. The van der Waals surface area contributed by atoms with E-state index in [-0.39, 0.29) is 12.2 Å². The molecule has 1 fully saturated rings. The van der Waals surface area contributed by atoms with Gasteiger partial charge in [-0.05, 0) is 11.6 Å². The molecule has 0 amide bonds. The van der Waals surface area contributed by atoms with Crippen LogP contribution in [0, 0.1) is 0 Å². The van der Waals surface area contributed by atoms with Gasteiger partial charge in [-0.2, -0.15) is 5.10 Å². The Balaban J connectivity index is 1.67. The molecule has 0 spiro atoms. The van der Waals surface area contributed by atoms with E-state index in [4.69, 9.17) is 21.1 Å². The van der Waals surface area contributed by atoms with Gasteiger partial charge in [0, 0.05) is 17.6 Å². The van der Waals surface area contributed by atoms with Crippen LogP contribution in [0.3, 0.4) is 0 Å². The van der Waals surface area contributed by atoms with Crippen molar-refractivity contribution in [2.24, 2.45) is 0 Å². The van der Waals surface area contributed by atoms with Gasteiger partial charge in [0.15, 0.2) is 0 Å². The van der Waals surface area contributed by atoms with Crippen LogP contribution in [0.25, 0.3) is 0 Å². The SMILES string of the molecule is O=C(O[C@@H]1CCOC1=O)c1cnn(Cc2ccccc2Cl)c1. The molecule has 1 aromatic heterocycles. The molecule has 0 unspecified atom stereocenters. The van der Waals surface area contributed by atoms with Gasteiger partial charge < -0.3 is 9.47 Å². The van der Waals surface area contributed by atoms with E-state index in [1.165, 1.54) is 6.20 Å². The average Bonchev–Trinajstić information content (AvgIpc) is 3.12.